The Hall–Kier alpha value is -4.15. The molecule has 2 amide bonds. The van der Waals surface area contributed by atoms with Crippen LogP contribution in [0, 0.1) is 6.92 Å². The number of amides is 2. The number of sulfonamides is 1. The number of nitrogens with zero attached hydrogens (tertiary/aromatic N) is 2. The van der Waals surface area contributed by atoms with Crippen LogP contribution in [-0.4, -0.2) is 51.4 Å². The van der Waals surface area contributed by atoms with Gasteiger partial charge in [0.25, 0.3) is 10.0 Å². The molecule has 8 nitrogen and oxygen atoms in total. The van der Waals surface area contributed by atoms with Crippen LogP contribution >= 0.6 is 15.9 Å². The zero-order valence-electron chi connectivity index (χ0n) is 24.9. The lowest BCUT2D eigenvalue weighted by atomic mass is 10.0. The summed E-state index contributed by atoms with van der Waals surface area (Å²) in [5.41, 5.74) is 3.03. The number of anilines is 1. The first kappa shape index (κ1) is 32.8. The van der Waals surface area contributed by atoms with Crippen LogP contribution in [0.15, 0.2) is 112 Å². The van der Waals surface area contributed by atoms with E-state index in [4.69, 9.17) is 4.74 Å². The van der Waals surface area contributed by atoms with E-state index in [1.807, 2.05) is 68.4 Å². The van der Waals surface area contributed by atoms with Crippen molar-refractivity contribution in [2.45, 2.75) is 37.8 Å². The Morgan fingerprint density at radius 3 is 2.09 bits per heavy atom. The summed E-state index contributed by atoms with van der Waals surface area (Å²) in [7, 11) is -2.66. The summed E-state index contributed by atoms with van der Waals surface area (Å²) in [5, 5.41) is 2.70. The first-order chi connectivity index (χ1) is 21.1. The van der Waals surface area contributed by atoms with E-state index in [1.165, 1.54) is 24.1 Å². The number of hydrogen-bond acceptors (Lipinski definition) is 5. The molecule has 0 aliphatic heterocycles. The summed E-state index contributed by atoms with van der Waals surface area (Å²) >= 11 is 3.35. The molecule has 0 saturated carbocycles. The first-order valence-corrected chi connectivity index (χ1v) is 16.5. The van der Waals surface area contributed by atoms with Crippen molar-refractivity contribution in [2.24, 2.45) is 0 Å². The summed E-state index contributed by atoms with van der Waals surface area (Å²) in [6, 6.07) is 29.0. The molecule has 4 rings (SSSR count). The number of ether oxygens (including phenoxy) is 1. The quantitative estimate of drug-likeness (QED) is 0.195. The molecule has 4 aromatic rings. The van der Waals surface area contributed by atoms with Crippen LogP contribution in [0.2, 0.25) is 0 Å². The molecule has 0 saturated heterocycles. The highest BCUT2D eigenvalue weighted by atomic mass is 79.9. The van der Waals surface area contributed by atoms with Crippen LogP contribution < -0.4 is 14.4 Å². The Morgan fingerprint density at radius 2 is 1.50 bits per heavy atom. The number of hydrogen-bond donors (Lipinski definition) is 1. The number of carbonyl (C=O) groups is 2. The van der Waals surface area contributed by atoms with Gasteiger partial charge in [0.2, 0.25) is 11.8 Å². The lowest BCUT2D eigenvalue weighted by Gasteiger charge is -2.33. The SMILES string of the molecule is CCOc1ccc(N(CC(=O)N(Cc2ccc(C)cc2)[C@H](Cc2ccccc2)C(=O)NC)S(=O)(=O)c2ccc(Br)cc2)cc1. The Labute approximate surface area is 267 Å². The number of aryl methyl sites for hydroxylation is 1. The maximum atomic E-state index is 14.4. The normalized spacial score (nSPS) is 11.8. The van der Waals surface area contributed by atoms with Gasteiger partial charge in [-0.1, -0.05) is 76.1 Å². The summed E-state index contributed by atoms with van der Waals surface area (Å²) in [6.45, 7) is 3.87. The molecule has 0 fully saturated rings. The van der Waals surface area contributed by atoms with Crippen molar-refractivity contribution in [1.29, 1.82) is 0 Å². The minimum atomic E-state index is -4.19. The summed E-state index contributed by atoms with van der Waals surface area (Å²) in [4.78, 5) is 29.2. The third kappa shape index (κ3) is 8.27. The molecule has 0 aromatic heterocycles. The van der Waals surface area contributed by atoms with Crippen molar-refractivity contribution >= 4 is 43.5 Å². The van der Waals surface area contributed by atoms with Gasteiger partial charge in [0.05, 0.1) is 17.2 Å². The van der Waals surface area contributed by atoms with E-state index in [9.17, 15) is 18.0 Å². The molecule has 4 aromatic carbocycles. The predicted molar refractivity (Wildman–Crippen MR) is 176 cm³/mol. The molecule has 0 aliphatic carbocycles. The van der Waals surface area contributed by atoms with Gasteiger partial charge in [-0.2, -0.15) is 0 Å². The summed E-state index contributed by atoms with van der Waals surface area (Å²) in [5.74, 6) is -0.297. The van der Waals surface area contributed by atoms with E-state index in [2.05, 4.69) is 21.2 Å². The molecule has 0 bridgehead atoms. The summed E-state index contributed by atoms with van der Waals surface area (Å²) in [6.07, 6.45) is 0.251. The van der Waals surface area contributed by atoms with Gasteiger partial charge in [-0.15, -0.1) is 0 Å². The Morgan fingerprint density at radius 1 is 0.864 bits per heavy atom. The average Bonchev–Trinajstić information content (AvgIpc) is 3.03. The fourth-order valence-corrected chi connectivity index (χ4v) is 6.43. The first-order valence-electron chi connectivity index (χ1n) is 14.2. The molecule has 0 aliphatic rings. The Balaban J connectivity index is 1.78. The van der Waals surface area contributed by atoms with E-state index in [1.54, 1.807) is 36.4 Å². The smallest absolute Gasteiger partial charge is 0.264 e. The standard InChI is InChI=1S/C34H36BrN3O5S/c1-4-43-30-18-16-29(17-19-30)38(44(41,42)31-20-14-28(35)15-21-31)24-33(39)37(23-27-12-10-25(2)11-13-27)32(34(40)36-3)22-26-8-6-5-7-9-26/h5-21,32H,4,22-24H2,1-3H3,(H,36,40)/t32-/m1/s1. The van der Waals surface area contributed by atoms with Gasteiger partial charge in [0.1, 0.15) is 18.3 Å². The van der Waals surface area contributed by atoms with Gasteiger partial charge < -0.3 is 15.0 Å². The number of rotatable bonds is 13. The van der Waals surface area contributed by atoms with Crippen molar-refractivity contribution in [3.63, 3.8) is 0 Å². The second-order valence-electron chi connectivity index (χ2n) is 10.2. The van der Waals surface area contributed by atoms with E-state index < -0.39 is 28.5 Å². The Kier molecular flexibility index (Phi) is 11.2. The van der Waals surface area contributed by atoms with E-state index in [0.717, 1.165) is 25.5 Å². The zero-order chi connectivity index (χ0) is 31.7. The highest BCUT2D eigenvalue weighted by molar-refractivity contribution is 9.10. The van der Waals surface area contributed by atoms with Crippen LogP contribution in [0.5, 0.6) is 5.75 Å². The fourth-order valence-electron chi connectivity index (χ4n) is 4.75. The molecule has 44 heavy (non-hydrogen) atoms. The lowest BCUT2D eigenvalue weighted by molar-refractivity contribution is -0.139. The van der Waals surface area contributed by atoms with Crippen LogP contribution in [-0.2, 0) is 32.6 Å². The van der Waals surface area contributed by atoms with E-state index >= 15 is 0 Å². The maximum absolute atomic E-state index is 14.4. The molecular weight excluding hydrogens is 642 g/mol. The van der Waals surface area contributed by atoms with E-state index in [-0.39, 0.29) is 23.8 Å². The third-order valence-electron chi connectivity index (χ3n) is 7.11. The highest BCUT2D eigenvalue weighted by Gasteiger charge is 2.34. The zero-order valence-corrected chi connectivity index (χ0v) is 27.3. The maximum Gasteiger partial charge on any atom is 0.264 e. The second-order valence-corrected chi connectivity index (χ2v) is 13.0. The van der Waals surface area contributed by atoms with Crippen LogP contribution in [0.1, 0.15) is 23.6 Å². The van der Waals surface area contributed by atoms with Gasteiger partial charge in [0, 0.05) is 24.5 Å². The average molecular weight is 679 g/mol. The van der Waals surface area contributed by atoms with Crippen LogP contribution in [0.25, 0.3) is 0 Å². The molecule has 0 spiro atoms. The minimum absolute atomic E-state index is 0.0274. The molecule has 1 atom stereocenters. The number of likely N-dealkylation sites (N-methyl/N-ethyl adjacent to an activating group) is 1. The minimum Gasteiger partial charge on any atom is -0.494 e. The van der Waals surface area contributed by atoms with Crippen LogP contribution in [0.4, 0.5) is 5.69 Å². The van der Waals surface area contributed by atoms with Crippen molar-refractivity contribution in [2.75, 3.05) is 24.5 Å². The predicted octanol–water partition coefficient (Wildman–Crippen LogP) is 5.74. The molecule has 10 heteroatoms. The summed E-state index contributed by atoms with van der Waals surface area (Å²) < 4.78 is 35.5. The molecule has 0 unspecified atom stereocenters. The largest absolute Gasteiger partial charge is 0.494 e. The van der Waals surface area contributed by atoms with Gasteiger partial charge in [-0.25, -0.2) is 8.42 Å². The monoisotopic (exact) mass is 677 g/mol. The van der Waals surface area contributed by atoms with E-state index in [0.29, 0.717) is 18.0 Å². The van der Waals surface area contributed by atoms with Crippen molar-refractivity contribution < 1.29 is 22.7 Å². The lowest BCUT2D eigenvalue weighted by Crippen LogP contribution is -2.53. The van der Waals surface area contributed by atoms with Crippen molar-refractivity contribution in [3.8, 4) is 5.75 Å². The number of benzene rings is 4. The van der Waals surface area contributed by atoms with Gasteiger partial charge in [-0.05, 0) is 73.5 Å². The fraction of sp³-hybridized carbons (Fsp3) is 0.235. The van der Waals surface area contributed by atoms with Gasteiger partial charge in [-0.3, -0.25) is 13.9 Å². The molecule has 0 heterocycles. The molecule has 1 N–H and O–H groups in total. The Bertz CT molecular complexity index is 1650. The number of halogens is 1. The van der Waals surface area contributed by atoms with Crippen LogP contribution in [0.3, 0.4) is 0 Å². The highest BCUT2D eigenvalue weighted by Crippen LogP contribution is 2.28. The van der Waals surface area contributed by atoms with Gasteiger partial charge in [0.15, 0.2) is 0 Å². The second kappa shape index (κ2) is 15.0. The third-order valence-corrected chi connectivity index (χ3v) is 9.42. The van der Waals surface area contributed by atoms with Gasteiger partial charge >= 0.3 is 0 Å². The number of nitrogens with one attached hydrogen (secondary N) is 1. The molecule has 230 valence electrons. The van der Waals surface area contributed by atoms with Crippen molar-refractivity contribution in [3.05, 3.63) is 124 Å². The van der Waals surface area contributed by atoms with Crippen molar-refractivity contribution in [1.82, 2.24) is 10.2 Å². The molecule has 0 radical (unpaired) electrons. The number of carbonyl (C=O) groups excluding carboxylic acids is 2. The topological polar surface area (TPSA) is 96.0 Å². The molecular formula is C34H36BrN3O5S.